The molecule has 2 aliphatic rings. The monoisotopic (exact) mass is 398 g/mol. The number of benzene rings is 1. The van der Waals surface area contributed by atoms with E-state index >= 15 is 0 Å². The summed E-state index contributed by atoms with van der Waals surface area (Å²) in [5, 5.41) is 2.44. The van der Waals surface area contributed by atoms with E-state index in [9.17, 15) is 14.0 Å². The zero-order valence-corrected chi connectivity index (χ0v) is 15.6. The summed E-state index contributed by atoms with van der Waals surface area (Å²) in [6.07, 6.45) is 3.88. The fourth-order valence-corrected chi connectivity index (χ4v) is 3.70. The molecular formula is C17H20FN2O6P. The molecule has 3 rings (SSSR count). The molecule has 1 fully saturated rings. The molecule has 0 spiro atoms. The number of nitrogens with one attached hydrogen (secondary N) is 1. The fourth-order valence-electron chi connectivity index (χ4n) is 2.65. The molecule has 1 aromatic carbocycles. The van der Waals surface area contributed by atoms with Gasteiger partial charge in [-0.05, 0) is 31.0 Å². The maximum absolute atomic E-state index is 13.2. The minimum absolute atomic E-state index is 0.218. The van der Waals surface area contributed by atoms with Crippen LogP contribution >= 0.6 is 8.60 Å². The van der Waals surface area contributed by atoms with E-state index in [1.807, 2.05) is 0 Å². The van der Waals surface area contributed by atoms with Gasteiger partial charge in [0.1, 0.15) is 17.8 Å². The molecule has 10 heteroatoms. The van der Waals surface area contributed by atoms with E-state index < -0.39 is 14.8 Å². The maximum Gasteiger partial charge on any atom is 0.397 e. The highest BCUT2D eigenvalue weighted by Gasteiger charge is 2.31. The Kier molecular flexibility index (Phi) is 6.73. The van der Waals surface area contributed by atoms with Crippen molar-refractivity contribution in [1.29, 1.82) is 0 Å². The first-order valence-electron chi connectivity index (χ1n) is 8.39. The van der Waals surface area contributed by atoms with Crippen LogP contribution in [0.1, 0.15) is 18.4 Å². The highest BCUT2D eigenvalue weighted by molar-refractivity contribution is 7.42. The van der Waals surface area contributed by atoms with Crippen LogP contribution in [0.15, 0.2) is 30.5 Å². The number of likely N-dealkylation sites (N-methyl/N-ethyl adjacent to an activating group) is 1. The Morgan fingerprint density at radius 3 is 3.11 bits per heavy atom. The van der Waals surface area contributed by atoms with Crippen LogP contribution < -0.4 is 9.84 Å². The largest absolute Gasteiger partial charge is 0.426 e. The molecule has 0 bridgehead atoms. The molecule has 8 nitrogen and oxygen atoms in total. The highest BCUT2D eigenvalue weighted by atomic mass is 31.2. The first kappa shape index (κ1) is 19.7. The zero-order chi connectivity index (χ0) is 19.2. The maximum atomic E-state index is 13.2. The van der Waals surface area contributed by atoms with Gasteiger partial charge in [0, 0.05) is 24.9 Å². The summed E-state index contributed by atoms with van der Waals surface area (Å²) in [7, 11) is -0.0841. The normalized spacial score (nSPS) is 24.3. The van der Waals surface area contributed by atoms with Gasteiger partial charge in [0.25, 0.3) is 0 Å². The molecule has 2 heterocycles. The van der Waals surface area contributed by atoms with Gasteiger partial charge in [-0.1, -0.05) is 0 Å². The summed E-state index contributed by atoms with van der Waals surface area (Å²) in [6, 6.07) is 4.24. The third-order valence-corrected chi connectivity index (χ3v) is 5.12. The molecule has 2 aliphatic heterocycles. The van der Waals surface area contributed by atoms with Crippen LogP contribution in [-0.2, 0) is 30.0 Å². The van der Waals surface area contributed by atoms with Gasteiger partial charge >= 0.3 is 8.60 Å². The van der Waals surface area contributed by atoms with Crippen molar-refractivity contribution in [3.8, 4) is 5.75 Å². The Bertz CT molecular complexity index is 719. The van der Waals surface area contributed by atoms with Gasteiger partial charge in [-0.25, -0.2) is 4.39 Å². The third kappa shape index (κ3) is 5.23. The van der Waals surface area contributed by atoms with Crippen LogP contribution in [0.3, 0.4) is 0 Å². The van der Waals surface area contributed by atoms with Crippen LogP contribution in [0.2, 0.25) is 0 Å². The smallest absolute Gasteiger partial charge is 0.397 e. The molecule has 27 heavy (non-hydrogen) atoms. The van der Waals surface area contributed by atoms with Gasteiger partial charge < -0.3 is 14.6 Å². The van der Waals surface area contributed by atoms with Gasteiger partial charge in [-0.2, -0.15) is 0 Å². The predicted molar refractivity (Wildman–Crippen MR) is 93.7 cm³/mol. The summed E-state index contributed by atoms with van der Waals surface area (Å²) < 4.78 is 35.7. The van der Waals surface area contributed by atoms with Gasteiger partial charge in [0.05, 0.1) is 19.3 Å². The number of nitrogens with zero attached hydrogens (tertiary/aromatic N) is 1. The Balaban J connectivity index is 1.46. The number of fused-ring (bicyclic) bond motifs is 1. The van der Waals surface area contributed by atoms with Gasteiger partial charge in [0.2, 0.25) is 12.3 Å². The number of hydrogen-bond acceptors (Lipinski definition) is 6. The van der Waals surface area contributed by atoms with Crippen molar-refractivity contribution in [2.24, 2.45) is 0 Å². The van der Waals surface area contributed by atoms with Crippen molar-refractivity contribution >= 4 is 20.9 Å². The lowest BCUT2D eigenvalue weighted by Gasteiger charge is -2.25. The highest BCUT2D eigenvalue weighted by Crippen LogP contribution is 2.47. The second kappa shape index (κ2) is 9.23. The minimum atomic E-state index is -1.59. The van der Waals surface area contributed by atoms with E-state index in [1.165, 1.54) is 36.4 Å². The van der Waals surface area contributed by atoms with Crippen molar-refractivity contribution < 1.29 is 32.3 Å². The Hall–Kier alpha value is -2.06. The van der Waals surface area contributed by atoms with Crippen molar-refractivity contribution in [3.63, 3.8) is 0 Å². The molecule has 146 valence electrons. The van der Waals surface area contributed by atoms with E-state index in [1.54, 1.807) is 6.07 Å². The molecule has 0 radical (unpaired) electrons. The van der Waals surface area contributed by atoms with Crippen molar-refractivity contribution in [2.45, 2.75) is 31.8 Å². The van der Waals surface area contributed by atoms with E-state index in [0.717, 1.165) is 0 Å². The van der Waals surface area contributed by atoms with Crippen LogP contribution in [0.4, 0.5) is 4.39 Å². The summed E-state index contributed by atoms with van der Waals surface area (Å²) in [5.74, 6) is -0.108. The molecular weight excluding hydrogens is 378 g/mol. The second-order valence-corrected chi connectivity index (χ2v) is 7.06. The van der Waals surface area contributed by atoms with E-state index in [-0.39, 0.29) is 31.0 Å². The van der Waals surface area contributed by atoms with E-state index in [0.29, 0.717) is 30.6 Å². The van der Waals surface area contributed by atoms with Gasteiger partial charge in [-0.15, -0.1) is 0 Å². The first-order chi connectivity index (χ1) is 13.1. The topological polar surface area (TPSA) is 86.3 Å². The first-order valence-corrected chi connectivity index (χ1v) is 9.49. The molecule has 1 saturated heterocycles. The number of hydrogen-bond donors (Lipinski definition) is 1. The standard InChI is InChI=1S/C17H20FN2O6P/c1-19-16(22)6-7-20(11-21)17-5-3-14(25-17)10-24-27-23-9-12-8-13(18)2-4-15(12)26-27/h2,4,6-8,11,14,17H,3,5,9-10H2,1H3,(H,19,22)/b7-6-. The number of carbonyl (C=O) groups is 2. The summed E-state index contributed by atoms with van der Waals surface area (Å²) in [6.45, 7) is 0.459. The molecule has 1 aromatic rings. The minimum Gasteiger partial charge on any atom is -0.426 e. The molecule has 2 amide bonds. The SMILES string of the molecule is CNC(=O)/C=C\N(C=O)C1CCC(COP2OCc3cc(F)ccc3O2)O1. The van der Waals surface area contributed by atoms with Crippen LogP contribution in [-0.4, -0.2) is 43.2 Å². The lowest BCUT2D eigenvalue weighted by Crippen LogP contribution is -2.31. The lowest BCUT2D eigenvalue weighted by atomic mass is 10.2. The molecule has 0 aliphatic carbocycles. The quantitative estimate of drug-likeness (QED) is 0.431. The summed E-state index contributed by atoms with van der Waals surface area (Å²) in [4.78, 5) is 23.8. The number of amides is 2. The number of halogens is 1. The number of carbonyl (C=O) groups excluding carboxylic acids is 2. The zero-order valence-electron chi connectivity index (χ0n) is 14.7. The van der Waals surface area contributed by atoms with Crippen LogP contribution in [0.25, 0.3) is 0 Å². The van der Waals surface area contributed by atoms with Gasteiger partial charge in [-0.3, -0.25) is 23.5 Å². The van der Waals surface area contributed by atoms with Gasteiger partial charge in [0.15, 0.2) is 0 Å². The number of rotatable bonds is 7. The Labute approximate surface area is 157 Å². The van der Waals surface area contributed by atoms with E-state index in [2.05, 4.69) is 5.32 Å². The van der Waals surface area contributed by atoms with Crippen molar-refractivity contribution in [2.75, 3.05) is 13.7 Å². The third-order valence-electron chi connectivity index (χ3n) is 4.07. The van der Waals surface area contributed by atoms with Crippen molar-refractivity contribution in [3.05, 3.63) is 41.9 Å². The Morgan fingerprint density at radius 2 is 2.33 bits per heavy atom. The number of ether oxygens (including phenoxy) is 1. The lowest BCUT2D eigenvalue weighted by molar-refractivity contribution is -0.127. The molecule has 3 atom stereocenters. The van der Waals surface area contributed by atoms with Crippen LogP contribution in [0.5, 0.6) is 5.75 Å². The second-order valence-electron chi connectivity index (χ2n) is 5.91. The molecule has 3 unspecified atom stereocenters. The Morgan fingerprint density at radius 1 is 1.48 bits per heavy atom. The predicted octanol–water partition coefficient (Wildman–Crippen LogP) is 2.20. The average Bonchev–Trinajstić information content (AvgIpc) is 3.15. The summed E-state index contributed by atoms with van der Waals surface area (Å²) >= 11 is 0. The fraction of sp³-hybridized carbons (Fsp3) is 0.412. The molecule has 0 aromatic heterocycles. The van der Waals surface area contributed by atoms with E-state index in [4.69, 9.17) is 18.3 Å². The molecule has 0 saturated carbocycles. The van der Waals surface area contributed by atoms with Crippen molar-refractivity contribution in [1.82, 2.24) is 10.2 Å². The summed E-state index contributed by atoms with van der Waals surface area (Å²) in [5.41, 5.74) is 0.638. The van der Waals surface area contributed by atoms with Crippen LogP contribution in [0, 0.1) is 5.82 Å². The average molecular weight is 398 g/mol. The molecule has 1 N–H and O–H groups in total.